The first-order chi connectivity index (χ1) is 8.54. The number of amides is 1. The van der Waals surface area contributed by atoms with Gasteiger partial charge in [0.2, 0.25) is 5.91 Å². The molecular weight excluding hydrogens is 232 g/mol. The van der Waals surface area contributed by atoms with Crippen molar-refractivity contribution in [2.45, 2.75) is 26.2 Å². The van der Waals surface area contributed by atoms with Crippen molar-refractivity contribution in [3.05, 3.63) is 0 Å². The number of hydrogen-bond acceptors (Lipinski definition) is 4. The Morgan fingerprint density at radius 2 is 2.06 bits per heavy atom. The number of likely N-dealkylation sites (tertiary alicyclic amines) is 1. The number of rotatable bonds is 2. The minimum Gasteiger partial charge on any atom is -0.469 e. The van der Waals surface area contributed by atoms with Crippen molar-refractivity contribution >= 4 is 11.9 Å². The van der Waals surface area contributed by atoms with Gasteiger partial charge in [0.15, 0.2) is 0 Å². The van der Waals surface area contributed by atoms with Crippen LogP contribution in [-0.4, -0.2) is 37.0 Å². The Morgan fingerprint density at radius 1 is 1.39 bits per heavy atom. The Bertz CT molecular complexity index is 409. The molecule has 1 saturated heterocycles. The number of hydrogen-bond donors (Lipinski definition) is 0. The topological polar surface area (TPSA) is 70.4 Å². The van der Waals surface area contributed by atoms with E-state index in [1.165, 1.54) is 7.11 Å². The van der Waals surface area contributed by atoms with Crippen LogP contribution >= 0.6 is 0 Å². The van der Waals surface area contributed by atoms with Gasteiger partial charge in [-0.05, 0) is 25.2 Å². The van der Waals surface area contributed by atoms with Crippen LogP contribution in [-0.2, 0) is 14.3 Å². The molecule has 2 fully saturated rings. The lowest BCUT2D eigenvalue weighted by Crippen LogP contribution is -2.46. The molecule has 0 radical (unpaired) electrons. The summed E-state index contributed by atoms with van der Waals surface area (Å²) in [7, 11) is 1.36. The number of methoxy groups -OCH3 is 1. The van der Waals surface area contributed by atoms with Crippen molar-refractivity contribution in [1.29, 1.82) is 5.26 Å². The molecule has 1 saturated carbocycles. The lowest BCUT2D eigenvalue weighted by molar-refractivity contribution is -0.146. The minimum atomic E-state index is -0.815. The fraction of sp³-hybridized carbons (Fsp3) is 0.769. The van der Waals surface area contributed by atoms with Gasteiger partial charge in [-0.2, -0.15) is 5.26 Å². The van der Waals surface area contributed by atoms with Crippen molar-refractivity contribution in [2.24, 2.45) is 17.3 Å². The predicted molar refractivity (Wildman–Crippen MR) is 63.1 cm³/mol. The first-order valence-corrected chi connectivity index (χ1v) is 6.32. The Kier molecular flexibility index (Phi) is 3.29. The molecule has 0 aromatic heterocycles. The maximum Gasteiger partial charge on any atom is 0.310 e. The van der Waals surface area contributed by atoms with Crippen molar-refractivity contribution in [2.75, 3.05) is 20.2 Å². The summed E-state index contributed by atoms with van der Waals surface area (Å²) in [6.07, 6.45) is 2.23. The maximum absolute atomic E-state index is 12.3. The van der Waals surface area contributed by atoms with Crippen molar-refractivity contribution in [1.82, 2.24) is 4.90 Å². The molecule has 0 bridgehead atoms. The second kappa shape index (κ2) is 4.60. The summed E-state index contributed by atoms with van der Waals surface area (Å²) in [6, 6.07) is 2.16. The van der Waals surface area contributed by atoms with Gasteiger partial charge in [0.1, 0.15) is 5.41 Å². The molecule has 2 rings (SSSR count). The third-order valence-electron chi connectivity index (χ3n) is 4.23. The molecule has 18 heavy (non-hydrogen) atoms. The first kappa shape index (κ1) is 12.9. The van der Waals surface area contributed by atoms with Gasteiger partial charge in [0, 0.05) is 13.1 Å². The molecule has 5 heteroatoms. The highest BCUT2D eigenvalue weighted by Crippen LogP contribution is 2.43. The van der Waals surface area contributed by atoms with E-state index in [-0.39, 0.29) is 23.7 Å². The van der Waals surface area contributed by atoms with Gasteiger partial charge in [-0.3, -0.25) is 9.59 Å². The molecule has 2 aliphatic rings. The van der Waals surface area contributed by atoms with Crippen LogP contribution in [0.4, 0.5) is 0 Å². The van der Waals surface area contributed by atoms with Crippen LogP contribution in [0.5, 0.6) is 0 Å². The highest BCUT2D eigenvalue weighted by Gasteiger charge is 2.49. The van der Waals surface area contributed by atoms with Gasteiger partial charge in [0.25, 0.3) is 0 Å². The summed E-state index contributed by atoms with van der Waals surface area (Å²) >= 11 is 0. The first-order valence-electron chi connectivity index (χ1n) is 6.32. The number of carbonyl (C=O) groups is 2. The zero-order valence-corrected chi connectivity index (χ0v) is 10.8. The van der Waals surface area contributed by atoms with Gasteiger partial charge in [-0.1, -0.05) is 6.92 Å². The van der Waals surface area contributed by atoms with Gasteiger partial charge in [-0.25, -0.2) is 0 Å². The summed E-state index contributed by atoms with van der Waals surface area (Å²) in [5, 5.41) is 9.17. The van der Waals surface area contributed by atoms with Crippen LogP contribution in [0.1, 0.15) is 26.2 Å². The summed E-state index contributed by atoms with van der Waals surface area (Å²) in [5.41, 5.74) is -0.815. The molecule has 1 aliphatic carbocycles. The highest BCUT2D eigenvalue weighted by molar-refractivity contribution is 5.87. The van der Waals surface area contributed by atoms with E-state index in [1.807, 2.05) is 6.92 Å². The molecule has 98 valence electrons. The maximum atomic E-state index is 12.3. The average molecular weight is 250 g/mol. The minimum absolute atomic E-state index is 0.0946. The van der Waals surface area contributed by atoms with Crippen LogP contribution in [0, 0.1) is 28.6 Å². The van der Waals surface area contributed by atoms with E-state index < -0.39 is 5.41 Å². The van der Waals surface area contributed by atoms with Gasteiger partial charge < -0.3 is 9.64 Å². The Hall–Kier alpha value is -1.57. The Labute approximate surface area is 107 Å². The molecule has 2 atom stereocenters. The van der Waals surface area contributed by atoms with Gasteiger partial charge in [-0.15, -0.1) is 0 Å². The second-order valence-electron chi connectivity index (χ2n) is 5.36. The van der Waals surface area contributed by atoms with Crippen LogP contribution in [0.3, 0.4) is 0 Å². The van der Waals surface area contributed by atoms with E-state index in [1.54, 1.807) is 4.90 Å². The summed E-state index contributed by atoms with van der Waals surface area (Å²) in [4.78, 5) is 25.6. The van der Waals surface area contributed by atoms with E-state index in [9.17, 15) is 9.59 Å². The largest absolute Gasteiger partial charge is 0.469 e. The van der Waals surface area contributed by atoms with Crippen molar-refractivity contribution in [3.63, 3.8) is 0 Å². The van der Waals surface area contributed by atoms with Crippen LogP contribution < -0.4 is 0 Å². The third-order valence-corrected chi connectivity index (χ3v) is 4.23. The molecule has 5 nitrogen and oxygen atoms in total. The summed E-state index contributed by atoms with van der Waals surface area (Å²) in [5.74, 6) is -0.529. The second-order valence-corrected chi connectivity index (χ2v) is 5.36. The van der Waals surface area contributed by atoms with E-state index in [0.29, 0.717) is 25.9 Å². The normalized spacial score (nSPS) is 29.3. The molecule has 0 N–H and O–H groups in total. The van der Waals surface area contributed by atoms with Crippen LogP contribution in [0.2, 0.25) is 0 Å². The summed E-state index contributed by atoms with van der Waals surface area (Å²) < 4.78 is 4.74. The zero-order valence-electron chi connectivity index (χ0n) is 10.8. The highest BCUT2D eigenvalue weighted by atomic mass is 16.5. The van der Waals surface area contributed by atoms with E-state index in [2.05, 4.69) is 6.07 Å². The molecule has 0 spiro atoms. The van der Waals surface area contributed by atoms with Crippen LogP contribution in [0.15, 0.2) is 0 Å². The molecule has 1 heterocycles. The summed E-state index contributed by atoms with van der Waals surface area (Å²) in [6.45, 7) is 2.87. The SMILES string of the molecule is COC(=O)C1CN(C(=O)C2(C#N)CCC2)CC1C. The number of ether oxygens (including phenoxy) is 1. The molecule has 0 aromatic carbocycles. The lowest BCUT2D eigenvalue weighted by atomic mass is 9.69. The van der Waals surface area contributed by atoms with E-state index in [4.69, 9.17) is 10.00 Å². The van der Waals surface area contributed by atoms with Crippen molar-refractivity contribution in [3.8, 4) is 6.07 Å². The molecule has 0 aromatic rings. The fourth-order valence-corrected chi connectivity index (χ4v) is 2.80. The smallest absolute Gasteiger partial charge is 0.310 e. The van der Waals surface area contributed by atoms with E-state index in [0.717, 1.165) is 6.42 Å². The molecule has 2 unspecified atom stereocenters. The molecule has 1 amide bonds. The molecule has 1 aliphatic heterocycles. The standard InChI is InChI=1S/C13H18N2O3/c1-9-6-15(7-10(9)11(16)18-2)12(17)13(8-14)4-3-5-13/h9-10H,3-7H2,1-2H3. The quantitative estimate of drug-likeness (QED) is 0.684. The van der Waals surface area contributed by atoms with Gasteiger partial charge in [0.05, 0.1) is 19.1 Å². The fourth-order valence-electron chi connectivity index (χ4n) is 2.80. The zero-order chi connectivity index (χ0) is 13.3. The van der Waals surface area contributed by atoms with Crippen LogP contribution in [0.25, 0.3) is 0 Å². The Balaban J connectivity index is 2.06. The predicted octanol–water partition coefficient (Wildman–Crippen LogP) is 0.948. The third kappa shape index (κ3) is 1.86. The lowest BCUT2D eigenvalue weighted by Gasteiger charge is -2.36. The average Bonchev–Trinajstić information content (AvgIpc) is 2.69. The van der Waals surface area contributed by atoms with Crippen molar-refractivity contribution < 1.29 is 14.3 Å². The van der Waals surface area contributed by atoms with Gasteiger partial charge >= 0.3 is 5.97 Å². The molecular formula is C13H18N2O3. The van der Waals surface area contributed by atoms with E-state index >= 15 is 0 Å². The number of nitriles is 1. The number of nitrogens with zero attached hydrogens (tertiary/aromatic N) is 2. The monoisotopic (exact) mass is 250 g/mol. The number of carbonyl (C=O) groups excluding carboxylic acids is 2. The number of esters is 1. The Morgan fingerprint density at radius 3 is 2.50 bits per heavy atom.